The van der Waals surface area contributed by atoms with Crippen molar-refractivity contribution in [2.45, 2.75) is 44.3 Å². The summed E-state index contributed by atoms with van der Waals surface area (Å²) in [5.74, 6) is 0.906. The molecule has 0 spiro atoms. The maximum absolute atomic E-state index is 6.11. The molecule has 94 valence electrons. The van der Waals surface area contributed by atoms with Gasteiger partial charge in [-0.1, -0.05) is 25.0 Å². The van der Waals surface area contributed by atoms with Gasteiger partial charge in [-0.05, 0) is 30.5 Å². The molecular formula is C14H22N2O. The van der Waals surface area contributed by atoms with Gasteiger partial charge in [0.15, 0.2) is 0 Å². The fourth-order valence-electron chi connectivity index (χ4n) is 2.41. The standard InChI is InChI=1S/C14H22N2O/c1-17-12-8-6-11(7-9-12)10-16-14-5-3-2-4-13(14)15/h6-9,13-14,16H,2-5,10,15H2,1H3/t13?,14-/m1/s1. The minimum atomic E-state index is 0.321. The summed E-state index contributed by atoms with van der Waals surface area (Å²) in [7, 11) is 1.69. The van der Waals surface area contributed by atoms with Gasteiger partial charge in [0.2, 0.25) is 0 Å². The summed E-state index contributed by atoms with van der Waals surface area (Å²) >= 11 is 0. The van der Waals surface area contributed by atoms with Gasteiger partial charge in [-0.25, -0.2) is 0 Å². The van der Waals surface area contributed by atoms with Crippen LogP contribution in [-0.2, 0) is 6.54 Å². The molecule has 1 aliphatic carbocycles. The van der Waals surface area contributed by atoms with Crippen LogP contribution in [0, 0.1) is 0 Å². The summed E-state index contributed by atoms with van der Waals surface area (Å²) < 4.78 is 5.14. The van der Waals surface area contributed by atoms with Gasteiger partial charge in [0.1, 0.15) is 5.75 Å². The molecule has 1 fully saturated rings. The lowest BCUT2D eigenvalue weighted by molar-refractivity contribution is 0.326. The highest BCUT2D eigenvalue weighted by atomic mass is 16.5. The molecule has 2 rings (SSSR count). The van der Waals surface area contributed by atoms with E-state index in [4.69, 9.17) is 10.5 Å². The Morgan fingerprint density at radius 1 is 1.24 bits per heavy atom. The summed E-state index contributed by atoms with van der Waals surface area (Å²) in [6.07, 6.45) is 4.94. The quantitative estimate of drug-likeness (QED) is 0.838. The van der Waals surface area contributed by atoms with Crippen LogP contribution >= 0.6 is 0 Å². The molecule has 1 aliphatic rings. The Kier molecular flexibility index (Phi) is 4.40. The van der Waals surface area contributed by atoms with Gasteiger partial charge in [0.05, 0.1) is 7.11 Å². The van der Waals surface area contributed by atoms with Crippen LogP contribution in [0.5, 0.6) is 5.75 Å². The normalized spacial score (nSPS) is 24.6. The Bertz CT molecular complexity index is 337. The van der Waals surface area contributed by atoms with Gasteiger partial charge in [-0.3, -0.25) is 0 Å². The lowest BCUT2D eigenvalue weighted by Gasteiger charge is -2.29. The number of methoxy groups -OCH3 is 1. The molecule has 1 saturated carbocycles. The average molecular weight is 234 g/mol. The van der Waals surface area contributed by atoms with Crippen LogP contribution in [-0.4, -0.2) is 19.2 Å². The third-order valence-electron chi connectivity index (χ3n) is 3.55. The van der Waals surface area contributed by atoms with Crippen molar-refractivity contribution in [3.63, 3.8) is 0 Å². The van der Waals surface area contributed by atoms with Gasteiger partial charge in [-0.2, -0.15) is 0 Å². The van der Waals surface area contributed by atoms with E-state index >= 15 is 0 Å². The molecule has 1 aromatic rings. The van der Waals surface area contributed by atoms with E-state index in [2.05, 4.69) is 17.4 Å². The Morgan fingerprint density at radius 2 is 1.94 bits per heavy atom. The van der Waals surface area contributed by atoms with Gasteiger partial charge >= 0.3 is 0 Å². The van der Waals surface area contributed by atoms with E-state index in [1.165, 1.54) is 24.8 Å². The van der Waals surface area contributed by atoms with Crippen LogP contribution in [0.1, 0.15) is 31.2 Å². The maximum atomic E-state index is 6.11. The minimum absolute atomic E-state index is 0.321. The van der Waals surface area contributed by atoms with E-state index in [1.54, 1.807) is 7.11 Å². The third kappa shape index (κ3) is 3.45. The van der Waals surface area contributed by atoms with Crippen molar-refractivity contribution in [3.05, 3.63) is 29.8 Å². The zero-order valence-electron chi connectivity index (χ0n) is 10.5. The van der Waals surface area contributed by atoms with Crippen molar-refractivity contribution in [1.82, 2.24) is 5.32 Å². The van der Waals surface area contributed by atoms with E-state index in [0.29, 0.717) is 12.1 Å². The topological polar surface area (TPSA) is 47.3 Å². The van der Waals surface area contributed by atoms with Crippen molar-refractivity contribution in [1.29, 1.82) is 0 Å². The number of hydrogen-bond donors (Lipinski definition) is 2. The Balaban J connectivity index is 1.84. The van der Waals surface area contributed by atoms with Crippen molar-refractivity contribution in [3.8, 4) is 5.75 Å². The first kappa shape index (κ1) is 12.4. The fourth-order valence-corrected chi connectivity index (χ4v) is 2.41. The van der Waals surface area contributed by atoms with Crippen molar-refractivity contribution in [2.75, 3.05) is 7.11 Å². The summed E-state index contributed by atoms with van der Waals surface area (Å²) in [6, 6.07) is 8.99. The van der Waals surface area contributed by atoms with E-state index < -0.39 is 0 Å². The molecule has 3 N–H and O–H groups in total. The molecule has 0 amide bonds. The molecule has 0 bridgehead atoms. The molecule has 0 aromatic heterocycles. The predicted molar refractivity (Wildman–Crippen MR) is 70.1 cm³/mol. The van der Waals surface area contributed by atoms with Crippen LogP contribution in [0.4, 0.5) is 0 Å². The molecule has 3 nitrogen and oxygen atoms in total. The second kappa shape index (κ2) is 6.03. The van der Waals surface area contributed by atoms with Crippen molar-refractivity contribution < 1.29 is 4.74 Å². The van der Waals surface area contributed by atoms with E-state index in [1.807, 2.05) is 12.1 Å². The van der Waals surface area contributed by atoms with Crippen LogP contribution in [0.3, 0.4) is 0 Å². The van der Waals surface area contributed by atoms with E-state index in [0.717, 1.165) is 18.7 Å². The molecule has 0 aliphatic heterocycles. The van der Waals surface area contributed by atoms with Crippen LogP contribution in [0.25, 0.3) is 0 Å². The zero-order valence-corrected chi connectivity index (χ0v) is 10.5. The van der Waals surface area contributed by atoms with Crippen molar-refractivity contribution >= 4 is 0 Å². The number of benzene rings is 1. The molecule has 1 unspecified atom stereocenters. The van der Waals surface area contributed by atoms with Crippen molar-refractivity contribution in [2.24, 2.45) is 5.73 Å². The second-order valence-corrected chi connectivity index (χ2v) is 4.78. The summed E-state index contributed by atoms with van der Waals surface area (Å²) in [4.78, 5) is 0. The number of ether oxygens (including phenoxy) is 1. The second-order valence-electron chi connectivity index (χ2n) is 4.78. The van der Waals surface area contributed by atoms with Gasteiger partial charge in [-0.15, -0.1) is 0 Å². The molecule has 1 aromatic carbocycles. The van der Waals surface area contributed by atoms with Crippen LogP contribution in [0.15, 0.2) is 24.3 Å². The molecule has 3 heteroatoms. The average Bonchev–Trinajstić information content (AvgIpc) is 2.38. The fraction of sp³-hybridized carbons (Fsp3) is 0.571. The Hall–Kier alpha value is -1.06. The molecule has 17 heavy (non-hydrogen) atoms. The largest absolute Gasteiger partial charge is 0.497 e. The summed E-state index contributed by atoms with van der Waals surface area (Å²) in [5, 5.41) is 3.56. The molecule has 0 saturated heterocycles. The molecular weight excluding hydrogens is 212 g/mol. The first-order chi connectivity index (χ1) is 8.29. The third-order valence-corrected chi connectivity index (χ3v) is 3.55. The summed E-state index contributed by atoms with van der Waals surface area (Å²) in [5.41, 5.74) is 7.39. The summed E-state index contributed by atoms with van der Waals surface area (Å²) in [6.45, 7) is 0.891. The molecule has 0 radical (unpaired) electrons. The van der Waals surface area contributed by atoms with Gasteiger partial charge in [0, 0.05) is 18.6 Å². The first-order valence-electron chi connectivity index (χ1n) is 6.41. The maximum Gasteiger partial charge on any atom is 0.118 e. The zero-order chi connectivity index (χ0) is 12.1. The number of hydrogen-bond acceptors (Lipinski definition) is 3. The number of rotatable bonds is 4. The highest BCUT2D eigenvalue weighted by molar-refractivity contribution is 5.27. The monoisotopic (exact) mass is 234 g/mol. The Morgan fingerprint density at radius 3 is 2.59 bits per heavy atom. The van der Waals surface area contributed by atoms with Crippen LogP contribution < -0.4 is 15.8 Å². The number of nitrogens with one attached hydrogen (secondary N) is 1. The van der Waals surface area contributed by atoms with Crippen LogP contribution in [0.2, 0.25) is 0 Å². The lowest BCUT2D eigenvalue weighted by atomic mass is 9.91. The smallest absolute Gasteiger partial charge is 0.118 e. The van der Waals surface area contributed by atoms with Gasteiger partial charge in [0.25, 0.3) is 0 Å². The number of nitrogens with two attached hydrogens (primary N) is 1. The SMILES string of the molecule is COc1ccc(CN[C@@H]2CCCCC2N)cc1. The Labute approximate surface area is 103 Å². The minimum Gasteiger partial charge on any atom is -0.497 e. The highest BCUT2D eigenvalue weighted by Gasteiger charge is 2.20. The lowest BCUT2D eigenvalue weighted by Crippen LogP contribution is -2.46. The predicted octanol–water partition coefficient (Wildman–Crippen LogP) is 2.05. The molecule has 2 atom stereocenters. The van der Waals surface area contributed by atoms with Gasteiger partial charge < -0.3 is 15.8 Å². The van der Waals surface area contributed by atoms with E-state index in [-0.39, 0.29) is 0 Å². The van der Waals surface area contributed by atoms with E-state index in [9.17, 15) is 0 Å². The highest BCUT2D eigenvalue weighted by Crippen LogP contribution is 2.17. The molecule has 0 heterocycles. The first-order valence-corrected chi connectivity index (χ1v) is 6.41.